The van der Waals surface area contributed by atoms with Gasteiger partial charge in [0, 0.05) is 6.54 Å². The minimum atomic E-state index is 0.700. The van der Waals surface area contributed by atoms with Gasteiger partial charge in [-0.05, 0) is 0 Å². The zero-order valence-corrected chi connectivity index (χ0v) is 4.22. The lowest BCUT2D eigenvalue weighted by molar-refractivity contribution is 0.823. The summed E-state index contributed by atoms with van der Waals surface area (Å²) in [5, 5.41) is 0. The number of hydrogen-bond donors (Lipinski definition) is 2. The van der Waals surface area contributed by atoms with Crippen LogP contribution in [0.1, 0.15) is 0 Å². The van der Waals surface area contributed by atoms with Crippen LogP contribution in [0.25, 0.3) is 0 Å². The van der Waals surface area contributed by atoms with Crippen LogP contribution in [-0.4, -0.2) is 6.54 Å². The molecule has 7 heavy (non-hydrogen) atoms. The van der Waals surface area contributed by atoms with Crippen molar-refractivity contribution in [3.8, 4) is 0 Å². The maximum absolute atomic E-state index is 4.93. The Morgan fingerprint density at radius 2 is 2.43 bits per heavy atom. The van der Waals surface area contributed by atoms with Crippen molar-refractivity contribution < 1.29 is 0 Å². The monoisotopic (exact) mass is 98.1 g/mol. The van der Waals surface area contributed by atoms with Gasteiger partial charge in [0.15, 0.2) is 0 Å². The molecule has 0 aliphatic heterocycles. The largest absolute Gasteiger partial charge is 0.271 e. The number of nitrogens with one attached hydrogen (secondary N) is 1. The number of allylic oxidation sites excluding steroid dienone is 2. The van der Waals surface area contributed by atoms with Crippen molar-refractivity contribution in [1.82, 2.24) is 5.43 Å². The van der Waals surface area contributed by atoms with Gasteiger partial charge in [0.25, 0.3) is 0 Å². The van der Waals surface area contributed by atoms with Crippen LogP contribution >= 0.6 is 0 Å². The predicted octanol–water partition coefficient (Wildman–Crippen LogP) is 0.192. The average Bonchev–Trinajstić information content (AvgIpc) is 1.69. The maximum Gasteiger partial charge on any atom is 0.0281 e. The van der Waals surface area contributed by atoms with E-state index in [9.17, 15) is 0 Å². The van der Waals surface area contributed by atoms with E-state index in [1.54, 1.807) is 6.08 Å². The summed E-state index contributed by atoms with van der Waals surface area (Å²) in [5.41, 5.74) is 2.47. The molecule has 2 nitrogen and oxygen atoms in total. The lowest BCUT2D eigenvalue weighted by atomic mass is 10.5. The van der Waals surface area contributed by atoms with Crippen molar-refractivity contribution >= 4 is 0 Å². The summed E-state index contributed by atoms with van der Waals surface area (Å²) in [6.45, 7) is 4.18. The molecule has 0 aromatic rings. The summed E-state index contributed by atoms with van der Waals surface area (Å²) >= 11 is 0. The molecule has 0 saturated heterocycles. The molecule has 0 radical (unpaired) electrons. The van der Waals surface area contributed by atoms with Crippen molar-refractivity contribution in [1.29, 1.82) is 0 Å². The van der Waals surface area contributed by atoms with E-state index in [4.69, 9.17) is 5.84 Å². The lowest BCUT2D eigenvalue weighted by Gasteiger charge is -1.82. The summed E-state index contributed by atoms with van der Waals surface area (Å²) in [6, 6.07) is 0. The van der Waals surface area contributed by atoms with Crippen molar-refractivity contribution in [2.75, 3.05) is 6.54 Å². The van der Waals surface area contributed by atoms with Crippen LogP contribution in [0.3, 0.4) is 0 Å². The number of hydrazine groups is 1. The quantitative estimate of drug-likeness (QED) is 0.300. The van der Waals surface area contributed by atoms with Crippen LogP contribution in [0.5, 0.6) is 0 Å². The van der Waals surface area contributed by atoms with Gasteiger partial charge in [-0.1, -0.05) is 24.8 Å². The second-order valence-electron chi connectivity index (χ2n) is 1.07. The van der Waals surface area contributed by atoms with Crippen molar-refractivity contribution in [2.45, 2.75) is 0 Å². The first-order chi connectivity index (χ1) is 3.41. The third-order valence-electron chi connectivity index (χ3n) is 0.508. The average molecular weight is 98.1 g/mol. The zero-order chi connectivity index (χ0) is 5.54. The van der Waals surface area contributed by atoms with E-state index in [-0.39, 0.29) is 0 Å². The summed E-state index contributed by atoms with van der Waals surface area (Å²) in [5.74, 6) is 4.93. The highest BCUT2D eigenvalue weighted by atomic mass is 15.2. The molecular formula is C5H10N2. The van der Waals surface area contributed by atoms with Gasteiger partial charge < -0.3 is 0 Å². The van der Waals surface area contributed by atoms with Gasteiger partial charge >= 0.3 is 0 Å². The fraction of sp³-hybridized carbons (Fsp3) is 0.200. The van der Waals surface area contributed by atoms with Crippen molar-refractivity contribution in [2.24, 2.45) is 5.84 Å². The van der Waals surface area contributed by atoms with Gasteiger partial charge in [-0.2, -0.15) is 0 Å². The molecule has 0 aliphatic carbocycles. The molecule has 2 heteroatoms. The number of nitrogens with two attached hydrogens (primary N) is 1. The molecule has 0 aromatic carbocycles. The predicted molar refractivity (Wildman–Crippen MR) is 31.5 cm³/mol. The Morgan fingerprint density at radius 3 is 2.86 bits per heavy atom. The van der Waals surface area contributed by atoms with Crippen molar-refractivity contribution in [3.63, 3.8) is 0 Å². The third kappa shape index (κ3) is 5.40. The summed E-state index contributed by atoms with van der Waals surface area (Å²) in [4.78, 5) is 0. The van der Waals surface area contributed by atoms with Crippen LogP contribution in [0.4, 0.5) is 0 Å². The van der Waals surface area contributed by atoms with Gasteiger partial charge in [-0.25, -0.2) is 0 Å². The van der Waals surface area contributed by atoms with Crippen LogP contribution in [0, 0.1) is 0 Å². The Hall–Kier alpha value is -0.600. The van der Waals surface area contributed by atoms with E-state index in [1.165, 1.54) is 0 Å². The van der Waals surface area contributed by atoms with E-state index < -0.39 is 0 Å². The van der Waals surface area contributed by atoms with Crippen LogP contribution < -0.4 is 11.3 Å². The summed E-state index contributed by atoms with van der Waals surface area (Å²) in [7, 11) is 0. The fourth-order valence-electron chi connectivity index (χ4n) is 0.232. The molecule has 0 aliphatic rings. The Kier molecular flexibility index (Phi) is 4.94. The van der Waals surface area contributed by atoms with E-state index in [0.29, 0.717) is 6.54 Å². The number of hydrogen-bond acceptors (Lipinski definition) is 2. The standard InChI is InChI=1S/C5H10N2/c1-2-3-4-5-7-6/h2-4,7H,1,5-6H2/b4-3-. The SMILES string of the molecule is C=C/C=C\CNN. The molecule has 0 amide bonds. The maximum atomic E-state index is 4.93. The first-order valence-corrected chi connectivity index (χ1v) is 2.13. The van der Waals surface area contributed by atoms with E-state index in [2.05, 4.69) is 12.0 Å². The molecule has 0 atom stereocenters. The first kappa shape index (κ1) is 6.40. The first-order valence-electron chi connectivity index (χ1n) is 2.13. The second-order valence-corrected chi connectivity index (χ2v) is 1.07. The van der Waals surface area contributed by atoms with Gasteiger partial charge in [-0.15, -0.1) is 0 Å². The van der Waals surface area contributed by atoms with Crippen LogP contribution in [-0.2, 0) is 0 Å². The minimum absolute atomic E-state index is 0.700. The molecule has 0 aromatic heterocycles. The Morgan fingerprint density at radius 1 is 1.71 bits per heavy atom. The van der Waals surface area contributed by atoms with Gasteiger partial charge in [0.2, 0.25) is 0 Å². The summed E-state index contributed by atoms with van der Waals surface area (Å²) < 4.78 is 0. The Balaban J connectivity index is 2.92. The topological polar surface area (TPSA) is 38.0 Å². The second kappa shape index (κ2) is 5.40. The zero-order valence-electron chi connectivity index (χ0n) is 4.22. The Labute approximate surface area is 43.7 Å². The normalized spacial score (nSPS) is 9.86. The molecule has 0 heterocycles. The molecule has 0 saturated carbocycles. The molecular weight excluding hydrogens is 88.1 g/mol. The van der Waals surface area contributed by atoms with E-state index >= 15 is 0 Å². The number of rotatable bonds is 3. The Bertz CT molecular complexity index is 66.5. The minimum Gasteiger partial charge on any atom is -0.271 e. The van der Waals surface area contributed by atoms with E-state index in [0.717, 1.165) is 0 Å². The van der Waals surface area contributed by atoms with E-state index in [1.807, 2.05) is 12.2 Å². The molecule has 0 bridgehead atoms. The molecule has 0 spiro atoms. The third-order valence-corrected chi connectivity index (χ3v) is 0.508. The molecule has 0 unspecified atom stereocenters. The van der Waals surface area contributed by atoms with Gasteiger partial charge in [0.05, 0.1) is 0 Å². The molecule has 3 N–H and O–H groups in total. The molecule has 0 fully saturated rings. The highest BCUT2D eigenvalue weighted by Crippen LogP contribution is 1.66. The van der Waals surface area contributed by atoms with Gasteiger partial charge in [0.1, 0.15) is 0 Å². The highest BCUT2D eigenvalue weighted by Gasteiger charge is 1.62. The smallest absolute Gasteiger partial charge is 0.0281 e. The molecule has 0 rings (SSSR count). The highest BCUT2D eigenvalue weighted by molar-refractivity contribution is 4.97. The van der Waals surface area contributed by atoms with Gasteiger partial charge in [-0.3, -0.25) is 11.3 Å². The van der Waals surface area contributed by atoms with Crippen LogP contribution in [0.2, 0.25) is 0 Å². The molecule has 40 valence electrons. The fourth-order valence-corrected chi connectivity index (χ4v) is 0.232. The lowest BCUT2D eigenvalue weighted by Crippen LogP contribution is -2.21. The summed E-state index contributed by atoms with van der Waals surface area (Å²) in [6.07, 6.45) is 5.42. The van der Waals surface area contributed by atoms with Crippen molar-refractivity contribution in [3.05, 3.63) is 24.8 Å². The van der Waals surface area contributed by atoms with Crippen LogP contribution in [0.15, 0.2) is 24.8 Å².